The molecule has 2 rings (SSSR count). The standard InChI is InChI=1S/C12H13ClFN3O/c1-8-15-12(16-18-8)7-17(2)6-9-3-4-11(14)10(13)5-9/h3-5H,6-7H2,1-2H3. The van der Waals surface area contributed by atoms with E-state index in [4.69, 9.17) is 16.1 Å². The first kappa shape index (κ1) is 13.0. The van der Waals surface area contributed by atoms with Gasteiger partial charge in [0.2, 0.25) is 5.89 Å². The number of hydrogen-bond acceptors (Lipinski definition) is 4. The van der Waals surface area contributed by atoms with Gasteiger partial charge in [-0.1, -0.05) is 22.8 Å². The molecule has 0 aliphatic heterocycles. The Morgan fingerprint density at radius 2 is 2.17 bits per heavy atom. The van der Waals surface area contributed by atoms with Gasteiger partial charge in [0, 0.05) is 13.5 Å². The SMILES string of the molecule is Cc1nc(CN(C)Cc2ccc(F)c(Cl)c2)no1. The van der Waals surface area contributed by atoms with Crippen molar-refractivity contribution in [1.29, 1.82) is 0 Å². The molecule has 0 saturated carbocycles. The zero-order chi connectivity index (χ0) is 13.1. The smallest absolute Gasteiger partial charge is 0.223 e. The van der Waals surface area contributed by atoms with Crippen LogP contribution in [-0.2, 0) is 13.1 Å². The summed E-state index contributed by atoms with van der Waals surface area (Å²) in [5.74, 6) is 0.767. The molecule has 0 aliphatic carbocycles. The average molecular weight is 270 g/mol. The molecule has 0 aliphatic rings. The molecule has 0 atom stereocenters. The van der Waals surface area contributed by atoms with Crippen molar-refractivity contribution < 1.29 is 8.91 Å². The molecule has 0 bridgehead atoms. The van der Waals surface area contributed by atoms with Crippen LogP contribution < -0.4 is 0 Å². The molecule has 0 unspecified atom stereocenters. The maximum absolute atomic E-state index is 13.0. The van der Waals surface area contributed by atoms with Crippen LogP contribution in [0.3, 0.4) is 0 Å². The highest BCUT2D eigenvalue weighted by Gasteiger charge is 2.08. The minimum atomic E-state index is -0.406. The largest absolute Gasteiger partial charge is 0.340 e. The maximum atomic E-state index is 13.0. The lowest BCUT2D eigenvalue weighted by Crippen LogP contribution is -2.18. The van der Waals surface area contributed by atoms with Crippen molar-refractivity contribution in [3.8, 4) is 0 Å². The first-order chi connectivity index (χ1) is 8.54. The van der Waals surface area contributed by atoms with Crippen LogP contribution in [0.2, 0.25) is 5.02 Å². The Morgan fingerprint density at radius 3 is 2.78 bits per heavy atom. The third kappa shape index (κ3) is 3.27. The Labute approximate surface area is 109 Å². The molecule has 2 aromatic rings. The number of aryl methyl sites for hydroxylation is 1. The van der Waals surface area contributed by atoms with Crippen LogP contribution in [0.4, 0.5) is 4.39 Å². The van der Waals surface area contributed by atoms with Gasteiger partial charge in [0.25, 0.3) is 0 Å². The van der Waals surface area contributed by atoms with Crippen LogP contribution in [0.5, 0.6) is 0 Å². The van der Waals surface area contributed by atoms with Gasteiger partial charge in [0.1, 0.15) is 5.82 Å². The van der Waals surface area contributed by atoms with Gasteiger partial charge in [0.05, 0.1) is 11.6 Å². The first-order valence-corrected chi connectivity index (χ1v) is 5.84. The van der Waals surface area contributed by atoms with E-state index in [0.29, 0.717) is 24.8 Å². The van der Waals surface area contributed by atoms with Gasteiger partial charge in [-0.2, -0.15) is 4.98 Å². The molecule has 0 saturated heterocycles. The molecule has 4 nitrogen and oxygen atoms in total. The van der Waals surface area contributed by atoms with Gasteiger partial charge in [-0.25, -0.2) is 4.39 Å². The number of rotatable bonds is 4. The third-order valence-corrected chi connectivity index (χ3v) is 2.71. The van der Waals surface area contributed by atoms with E-state index in [2.05, 4.69) is 10.1 Å². The van der Waals surface area contributed by atoms with E-state index in [1.54, 1.807) is 19.1 Å². The Hall–Kier alpha value is -1.46. The van der Waals surface area contributed by atoms with Crippen molar-refractivity contribution in [1.82, 2.24) is 15.0 Å². The van der Waals surface area contributed by atoms with Crippen LogP contribution in [0, 0.1) is 12.7 Å². The molecule has 1 heterocycles. The number of benzene rings is 1. The highest BCUT2D eigenvalue weighted by molar-refractivity contribution is 6.30. The predicted molar refractivity (Wildman–Crippen MR) is 65.6 cm³/mol. The highest BCUT2D eigenvalue weighted by Crippen LogP contribution is 2.17. The molecule has 96 valence electrons. The quantitative estimate of drug-likeness (QED) is 0.856. The van der Waals surface area contributed by atoms with Crippen molar-refractivity contribution in [3.05, 3.63) is 46.3 Å². The second-order valence-electron chi connectivity index (χ2n) is 4.15. The lowest BCUT2D eigenvalue weighted by molar-refractivity contribution is 0.300. The summed E-state index contributed by atoms with van der Waals surface area (Å²) >= 11 is 5.73. The highest BCUT2D eigenvalue weighted by atomic mass is 35.5. The summed E-state index contributed by atoms with van der Waals surface area (Å²) in [6.07, 6.45) is 0. The average Bonchev–Trinajstić information content (AvgIpc) is 2.69. The summed E-state index contributed by atoms with van der Waals surface area (Å²) in [5, 5.41) is 3.95. The summed E-state index contributed by atoms with van der Waals surface area (Å²) in [7, 11) is 1.92. The molecule has 1 aromatic heterocycles. The molecule has 0 amide bonds. The Kier molecular flexibility index (Phi) is 3.93. The zero-order valence-electron chi connectivity index (χ0n) is 10.2. The zero-order valence-corrected chi connectivity index (χ0v) is 10.9. The normalized spacial score (nSPS) is 11.2. The van der Waals surface area contributed by atoms with Gasteiger partial charge < -0.3 is 4.52 Å². The number of halogens is 2. The summed E-state index contributed by atoms with van der Waals surface area (Å²) in [5.41, 5.74) is 0.934. The van der Waals surface area contributed by atoms with E-state index in [1.807, 2.05) is 11.9 Å². The fourth-order valence-corrected chi connectivity index (χ4v) is 1.86. The van der Waals surface area contributed by atoms with Crippen molar-refractivity contribution in [2.24, 2.45) is 0 Å². The Bertz CT molecular complexity index is 544. The molecule has 0 fully saturated rings. The number of nitrogens with zero attached hydrogens (tertiary/aromatic N) is 3. The summed E-state index contributed by atoms with van der Waals surface area (Å²) in [4.78, 5) is 6.11. The lowest BCUT2D eigenvalue weighted by atomic mass is 10.2. The van der Waals surface area contributed by atoms with Crippen LogP contribution >= 0.6 is 11.6 Å². The molecular weight excluding hydrogens is 257 g/mol. The number of hydrogen-bond donors (Lipinski definition) is 0. The molecule has 1 aromatic carbocycles. The fourth-order valence-electron chi connectivity index (χ4n) is 1.65. The lowest BCUT2D eigenvalue weighted by Gasteiger charge is -2.14. The molecular formula is C12H13ClFN3O. The fraction of sp³-hybridized carbons (Fsp3) is 0.333. The van der Waals surface area contributed by atoms with Crippen molar-refractivity contribution in [2.75, 3.05) is 7.05 Å². The second kappa shape index (κ2) is 5.46. The van der Waals surface area contributed by atoms with Crippen molar-refractivity contribution in [2.45, 2.75) is 20.0 Å². The minimum absolute atomic E-state index is 0.135. The number of aromatic nitrogens is 2. The van der Waals surface area contributed by atoms with Crippen LogP contribution in [0.15, 0.2) is 22.7 Å². The molecule has 18 heavy (non-hydrogen) atoms. The molecule has 0 spiro atoms. The second-order valence-corrected chi connectivity index (χ2v) is 4.56. The summed E-state index contributed by atoms with van der Waals surface area (Å²) < 4.78 is 17.9. The monoisotopic (exact) mass is 269 g/mol. The van der Waals surface area contributed by atoms with Crippen LogP contribution in [-0.4, -0.2) is 22.1 Å². The van der Waals surface area contributed by atoms with Gasteiger partial charge in [0.15, 0.2) is 5.82 Å². The Balaban J connectivity index is 1.98. The topological polar surface area (TPSA) is 42.2 Å². The molecule has 0 N–H and O–H groups in total. The maximum Gasteiger partial charge on any atom is 0.223 e. The predicted octanol–water partition coefficient (Wildman–Crippen LogP) is 2.80. The van der Waals surface area contributed by atoms with Gasteiger partial charge in [-0.05, 0) is 24.7 Å². The van der Waals surface area contributed by atoms with Gasteiger partial charge >= 0.3 is 0 Å². The van der Waals surface area contributed by atoms with Crippen molar-refractivity contribution in [3.63, 3.8) is 0 Å². The minimum Gasteiger partial charge on any atom is -0.340 e. The van der Waals surface area contributed by atoms with E-state index in [-0.39, 0.29) is 5.02 Å². The van der Waals surface area contributed by atoms with Gasteiger partial charge in [-0.15, -0.1) is 0 Å². The summed E-state index contributed by atoms with van der Waals surface area (Å²) in [6.45, 7) is 2.94. The molecule has 6 heteroatoms. The third-order valence-electron chi connectivity index (χ3n) is 2.42. The van der Waals surface area contributed by atoms with E-state index >= 15 is 0 Å². The molecule has 0 radical (unpaired) electrons. The van der Waals surface area contributed by atoms with Crippen molar-refractivity contribution >= 4 is 11.6 Å². The van der Waals surface area contributed by atoms with E-state index in [1.165, 1.54) is 6.07 Å². The summed E-state index contributed by atoms with van der Waals surface area (Å²) in [6, 6.07) is 4.69. The van der Waals surface area contributed by atoms with Crippen LogP contribution in [0.25, 0.3) is 0 Å². The van der Waals surface area contributed by atoms with E-state index < -0.39 is 5.82 Å². The van der Waals surface area contributed by atoms with E-state index in [0.717, 1.165) is 5.56 Å². The van der Waals surface area contributed by atoms with E-state index in [9.17, 15) is 4.39 Å². The first-order valence-electron chi connectivity index (χ1n) is 5.46. The Morgan fingerprint density at radius 1 is 1.39 bits per heavy atom. The van der Waals surface area contributed by atoms with Crippen LogP contribution in [0.1, 0.15) is 17.3 Å². The van der Waals surface area contributed by atoms with Gasteiger partial charge in [-0.3, -0.25) is 4.90 Å².